The monoisotopic (exact) mass is 320 g/mol. The molecule has 1 aromatic rings. The summed E-state index contributed by atoms with van der Waals surface area (Å²) in [5, 5.41) is 0. The van der Waals surface area contributed by atoms with Crippen LogP contribution in [0.2, 0.25) is 0 Å². The van der Waals surface area contributed by atoms with E-state index in [0.717, 1.165) is 24.1 Å². The summed E-state index contributed by atoms with van der Waals surface area (Å²) in [6.07, 6.45) is 7.26. The number of methoxy groups -OCH3 is 2. The van der Waals surface area contributed by atoms with Crippen LogP contribution in [-0.2, 0) is 6.54 Å². The summed E-state index contributed by atoms with van der Waals surface area (Å²) in [7, 11) is 3.48. The van der Waals surface area contributed by atoms with Crippen LogP contribution >= 0.6 is 0 Å². The highest BCUT2D eigenvalue weighted by molar-refractivity contribution is 5.39. The largest absolute Gasteiger partial charge is 0.497 e. The first-order valence-corrected chi connectivity index (χ1v) is 9.19. The molecule has 4 nitrogen and oxygen atoms in total. The Balaban J connectivity index is 1.56. The van der Waals surface area contributed by atoms with Gasteiger partial charge in [-0.2, -0.15) is 0 Å². The van der Waals surface area contributed by atoms with Crippen molar-refractivity contribution in [3.8, 4) is 11.5 Å². The van der Waals surface area contributed by atoms with Crippen molar-refractivity contribution < 1.29 is 19.3 Å². The van der Waals surface area contributed by atoms with Gasteiger partial charge in [0, 0.05) is 0 Å². The lowest BCUT2D eigenvalue weighted by atomic mass is 9.94. The molecule has 0 amide bonds. The lowest BCUT2D eigenvalue weighted by Crippen LogP contribution is -3.29. The number of ether oxygens (including phenoxy) is 2. The molecule has 128 valence electrons. The summed E-state index contributed by atoms with van der Waals surface area (Å²) < 4.78 is 10.9. The number of benzene rings is 1. The Morgan fingerprint density at radius 1 is 0.957 bits per heavy atom. The number of hydrogen-bond acceptors (Lipinski definition) is 2. The van der Waals surface area contributed by atoms with Crippen molar-refractivity contribution in [3.63, 3.8) is 0 Å². The molecule has 4 heteroatoms. The first-order chi connectivity index (χ1) is 11.3. The Labute approximate surface area is 140 Å². The highest BCUT2D eigenvalue weighted by Gasteiger charge is 2.30. The van der Waals surface area contributed by atoms with E-state index in [2.05, 4.69) is 6.07 Å². The molecule has 0 bridgehead atoms. The maximum Gasteiger partial charge on any atom is 0.127 e. The molecule has 1 saturated heterocycles. The van der Waals surface area contributed by atoms with Crippen LogP contribution in [-0.4, -0.2) is 46.4 Å². The fourth-order valence-corrected chi connectivity index (χ4v) is 4.31. The molecule has 2 fully saturated rings. The van der Waals surface area contributed by atoms with Gasteiger partial charge in [-0.25, -0.2) is 0 Å². The van der Waals surface area contributed by atoms with Crippen molar-refractivity contribution in [2.24, 2.45) is 0 Å². The summed E-state index contributed by atoms with van der Waals surface area (Å²) in [5.74, 6) is 1.91. The van der Waals surface area contributed by atoms with E-state index in [-0.39, 0.29) is 0 Å². The van der Waals surface area contributed by atoms with Gasteiger partial charge in [-0.3, -0.25) is 0 Å². The van der Waals surface area contributed by atoms with E-state index in [9.17, 15) is 0 Å². The van der Waals surface area contributed by atoms with Crippen molar-refractivity contribution in [3.05, 3.63) is 23.8 Å². The van der Waals surface area contributed by atoms with Crippen molar-refractivity contribution in [1.29, 1.82) is 0 Å². The molecule has 0 radical (unpaired) electrons. The van der Waals surface area contributed by atoms with Crippen LogP contribution in [0.5, 0.6) is 11.5 Å². The van der Waals surface area contributed by atoms with Crippen LogP contribution in [0.15, 0.2) is 18.2 Å². The van der Waals surface area contributed by atoms with Crippen molar-refractivity contribution in [1.82, 2.24) is 0 Å². The lowest BCUT2D eigenvalue weighted by Gasteiger charge is -2.36. The molecule has 0 spiro atoms. The highest BCUT2D eigenvalue weighted by Crippen LogP contribution is 2.23. The first kappa shape index (κ1) is 16.6. The van der Waals surface area contributed by atoms with E-state index in [1.807, 2.05) is 17.0 Å². The summed E-state index contributed by atoms with van der Waals surface area (Å²) >= 11 is 0. The van der Waals surface area contributed by atoms with Crippen molar-refractivity contribution >= 4 is 0 Å². The molecule has 1 aromatic carbocycles. The van der Waals surface area contributed by atoms with Gasteiger partial charge in [0.25, 0.3) is 0 Å². The number of quaternary nitrogens is 2. The fraction of sp³-hybridized carbons (Fsp3) is 0.684. The summed E-state index contributed by atoms with van der Waals surface area (Å²) in [6, 6.07) is 7.07. The van der Waals surface area contributed by atoms with Crippen molar-refractivity contribution in [2.45, 2.75) is 44.7 Å². The van der Waals surface area contributed by atoms with E-state index in [0.29, 0.717) is 0 Å². The summed E-state index contributed by atoms with van der Waals surface area (Å²) in [6.45, 7) is 6.23. The summed E-state index contributed by atoms with van der Waals surface area (Å²) in [4.78, 5) is 3.54. The number of rotatable bonds is 5. The zero-order valence-electron chi connectivity index (χ0n) is 14.7. The maximum absolute atomic E-state index is 5.53. The topological polar surface area (TPSA) is 27.3 Å². The quantitative estimate of drug-likeness (QED) is 0.818. The number of hydrogen-bond donors (Lipinski definition) is 2. The Morgan fingerprint density at radius 3 is 2.35 bits per heavy atom. The molecule has 1 aliphatic heterocycles. The second-order valence-electron chi connectivity index (χ2n) is 7.10. The van der Waals surface area contributed by atoms with Gasteiger partial charge in [-0.1, -0.05) is 6.42 Å². The normalized spacial score (nSPS) is 26.0. The van der Waals surface area contributed by atoms with Gasteiger partial charge in [0.2, 0.25) is 0 Å². The third kappa shape index (κ3) is 4.18. The Hall–Kier alpha value is -1.26. The van der Waals surface area contributed by atoms with Gasteiger partial charge in [0.15, 0.2) is 0 Å². The Kier molecular flexibility index (Phi) is 5.79. The fourth-order valence-electron chi connectivity index (χ4n) is 4.31. The molecule has 2 aliphatic rings. The van der Waals surface area contributed by atoms with E-state index >= 15 is 0 Å². The Morgan fingerprint density at radius 2 is 1.70 bits per heavy atom. The molecular weight excluding hydrogens is 288 g/mol. The molecule has 0 atom stereocenters. The molecule has 3 rings (SSSR count). The smallest absolute Gasteiger partial charge is 0.127 e. The average molecular weight is 320 g/mol. The molecule has 1 heterocycles. The van der Waals surface area contributed by atoms with Crippen LogP contribution in [0.1, 0.15) is 37.7 Å². The minimum Gasteiger partial charge on any atom is -0.497 e. The zero-order chi connectivity index (χ0) is 16.1. The van der Waals surface area contributed by atoms with Gasteiger partial charge >= 0.3 is 0 Å². The van der Waals surface area contributed by atoms with Gasteiger partial charge in [0.05, 0.1) is 25.8 Å². The van der Waals surface area contributed by atoms with Crippen LogP contribution in [0, 0.1) is 0 Å². The van der Waals surface area contributed by atoms with E-state index in [4.69, 9.17) is 9.47 Å². The predicted molar refractivity (Wildman–Crippen MR) is 91.5 cm³/mol. The van der Waals surface area contributed by atoms with Crippen LogP contribution < -0.4 is 19.3 Å². The van der Waals surface area contributed by atoms with Crippen LogP contribution in [0.3, 0.4) is 0 Å². The molecule has 23 heavy (non-hydrogen) atoms. The second-order valence-corrected chi connectivity index (χ2v) is 7.10. The SMILES string of the molecule is COc1ccc(OC)c(C[NH+]2CC[NH+](C3CCCCC3)CC2)c1. The third-order valence-electron chi connectivity index (χ3n) is 5.71. The minimum atomic E-state index is 0.923. The molecule has 2 N–H and O–H groups in total. The molecule has 1 aliphatic carbocycles. The van der Waals surface area contributed by atoms with Crippen molar-refractivity contribution in [2.75, 3.05) is 40.4 Å². The minimum absolute atomic E-state index is 0.923. The maximum atomic E-state index is 5.53. The third-order valence-corrected chi connectivity index (χ3v) is 5.71. The molecular formula is C19H32N2O2+2. The molecule has 0 unspecified atom stereocenters. The molecule has 0 aromatic heterocycles. The van der Waals surface area contributed by atoms with Gasteiger partial charge in [-0.05, 0) is 43.9 Å². The van der Waals surface area contributed by atoms with E-state index in [1.54, 1.807) is 19.1 Å². The van der Waals surface area contributed by atoms with E-state index < -0.39 is 0 Å². The van der Waals surface area contributed by atoms with E-state index in [1.165, 1.54) is 63.8 Å². The Bertz CT molecular complexity index is 492. The highest BCUT2D eigenvalue weighted by atomic mass is 16.5. The first-order valence-electron chi connectivity index (χ1n) is 9.19. The second kappa shape index (κ2) is 8.02. The van der Waals surface area contributed by atoms with Crippen LogP contribution in [0.25, 0.3) is 0 Å². The standard InChI is InChI=1S/C19H30N2O2/c1-22-18-8-9-19(23-2)16(14-18)15-20-10-12-21(13-11-20)17-6-4-3-5-7-17/h8-9,14,17H,3-7,10-13,15H2,1-2H3/p+2. The zero-order valence-corrected chi connectivity index (χ0v) is 14.7. The van der Waals surface area contributed by atoms with Gasteiger partial charge < -0.3 is 19.3 Å². The molecule has 1 saturated carbocycles. The van der Waals surface area contributed by atoms with Crippen LogP contribution in [0.4, 0.5) is 0 Å². The average Bonchev–Trinajstić information content (AvgIpc) is 2.63. The number of piperazine rings is 1. The summed E-state index contributed by atoms with van der Waals surface area (Å²) in [5.41, 5.74) is 1.27. The van der Waals surface area contributed by atoms with Gasteiger partial charge in [-0.15, -0.1) is 0 Å². The lowest BCUT2D eigenvalue weighted by molar-refractivity contribution is -1.03. The predicted octanol–water partition coefficient (Wildman–Crippen LogP) is 0.320. The number of nitrogens with one attached hydrogen (secondary N) is 2. The van der Waals surface area contributed by atoms with Gasteiger partial charge in [0.1, 0.15) is 44.2 Å².